The lowest BCUT2D eigenvalue weighted by Gasteiger charge is -2.35. The summed E-state index contributed by atoms with van der Waals surface area (Å²) in [5.41, 5.74) is 0. The Morgan fingerprint density at radius 3 is 3.21 bits per heavy atom. The summed E-state index contributed by atoms with van der Waals surface area (Å²) in [6.45, 7) is 4.56. The van der Waals surface area contributed by atoms with Crippen LogP contribution in [0.4, 0.5) is 5.82 Å². The first-order chi connectivity index (χ1) is 9.26. The Labute approximate surface area is 112 Å². The van der Waals surface area contributed by atoms with Gasteiger partial charge in [-0.2, -0.15) is 4.98 Å². The van der Waals surface area contributed by atoms with Crippen molar-refractivity contribution >= 4 is 11.7 Å². The van der Waals surface area contributed by atoms with E-state index >= 15 is 0 Å². The quantitative estimate of drug-likeness (QED) is 0.757. The molecule has 1 aromatic rings. The Bertz CT molecular complexity index is 440. The molecule has 7 nitrogen and oxygen atoms in total. The summed E-state index contributed by atoms with van der Waals surface area (Å²) in [4.78, 5) is 22.3. The fourth-order valence-corrected chi connectivity index (χ4v) is 2.07. The molecule has 0 aromatic carbocycles. The standard InChI is InChI=1S/C12H19N5O2/c1-3-19-11-8-15-7-10(16-11)17-5-4-14-6-9(17)12(18)13-2/h7-9,14H,3-6H2,1-2H3,(H,13,18). The Morgan fingerprint density at radius 1 is 1.63 bits per heavy atom. The average Bonchev–Trinajstić information content (AvgIpc) is 2.47. The zero-order valence-corrected chi connectivity index (χ0v) is 11.2. The van der Waals surface area contributed by atoms with E-state index in [9.17, 15) is 4.79 Å². The van der Waals surface area contributed by atoms with Gasteiger partial charge in [0.15, 0.2) is 5.82 Å². The van der Waals surface area contributed by atoms with Crippen LogP contribution in [0.15, 0.2) is 12.4 Å². The number of carbonyl (C=O) groups is 1. The van der Waals surface area contributed by atoms with E-state index in [1.54, 1.807) is 19.4 Å². The third kappa shape index (κ3) is 3.11. The summed E-state index contributed by atoms with van der Waals surface area (Å²) < 4.78 is 5.34. The van der Waals surface area contributed by atoms with Crippen molar-refractivity contribution < 1.29 is 9.53 Å². The maximum atomic E-state index is 11.9. The second kappa shape index (κ2) is 6.33. The minimum absolute atomic E-state index is 0.0317. The summed E-state index contributed by atoms with van der Waals surface area (Å²) >= 11 is 0. The van der Waals surface area contributed by atoms with Crippen LogP contribution in [0.25, 0.3) is 0 Å². The summed E-state index contributed by atoms with van der Waals surface area (Å²) in [6, 6.07) is -0.273. The molecule has 7 heteroatoms. The predicted octanol–water partition coefficient (Wildman–Crippen LogP) is -0.600. The molecule has 1 unspecified atom stereocenters. The molecule has 0 radical (unpaired) electrons. The highest BCUT2D eigenvalue weighted by molar-refractivity contribution is 5.85. The van der Waals surface area contributed by atoms with E-state index in [1.165, 1.54) is 0 Å². The van der Waals surface area contributed by atoms with Crippen molar-refractivity contribution in [1.29, 1.82) is 0 Å². The predicted molar refractivity (Wildman–Crippen MR) is 71.3 cm³/mol. The second-order valence-electron chi connectivity index (χ2n) is 4.18. The second-order valence-corrected chi connectivity index (χ2v) is 4.18. The van der Waals surface area contributed by atoms with Crippen LogP contribution in [-0.2, 0) is 4.79 Å². The number of rotatable bonds is 4. The number of hydrogen-bond donors (Lipinski definition) is 2. The summed E-state index contributed by atoms with van der Waals surface area (Å²) in [7, 11) is 1.64. The Morgan fingerprint density at radius 2 is 2.47 bits per heavy atom. The number of aromatic nitrogens is 2. The van der Waals surface area contributed by atoms with Crippen molar-refractivity contribution in [2.45, 2.75) is 13.0 Å². The number of nitrogens with one attached hydrogen (secondary N) is 2. The molecule has 104 valence electrons. The van der Waals surface area contributed by atoms with Crippen LogP contribution < -0.4 is 20.3 Å². The van der Waals surface area contributed by atoms with Crippen LogP contribution in [-0.4, -0.2) is 55.2 Å². The van der Waals surface area contributed by atoms with E-state index in [0.717, 1.165) is 6.54 Å². The lowest BCUT2D eigenvalue weighted by molar-refractivity contribution is -0.122. The van der Waals surface area contributed by atoms with Gasteiger partial charge in [-0.15, -0.1) is 0 Å². The zero-order valence-electron chi connectivity index (χ0n) is 11.2. The number of hydrogen-bond acceptors (Lipinski definition) is 6. The number of ether oxygens (including phenoxy) is 1. The number of likely N-dealkylation sites (N-methyl/N-ethyl adjacent to an activating group) is 1. The van der Waals surface area contributed by atoms with Gasteiger partial charge in [-0.25, -0.2) is 0 Å². The third-order valence-corrected chi connectivity index (χ3v) is 2.98. The first kappa shape index (κ1) is 13.5. The summed E-state index contributed by atoms with van der Waals surface area (Å²) in [5, 5.41) is 5.88. The average molecular weight is 265 g/mol. The van der Waals surface area contributed by atoms with Crippen molar-refractivity contribution in [3.63, 3.8) is 0 Å². The van der Waals surface area contributed by atoms with E-state index in [4.69, 9.17) is 4.74 Å². The lowest BCUT2D eigenvalue weighted by Crippen LogP contribution is -2.57. The SMILES string of the molecule is CCOc1cncc(N2CCNCC2C(=O)NC)n1. The van der Waals surface area contributed by atoms with Gasteiger partial charge in [-0.3, -0.25) is 9.78 Å². The number of nitrogens with zero attached hydrogens (tertiary/aromatic N) is 3. The molecule has 0 saturated carbocycles. The normalized spacial score (nSPS) is 19.1. The molecule has 1 saturated heterocycles. The van der Waals surface area contributed by atoms with Gasteiger partial charge in [0.25, 0.3) is 0 Å². The van der Waals surface area contributed by atoms with Crippen LogP contribution in [0.5, 0.6) is 5.88 Å². The summed E-state index contributed by atoms with van der Waals surface area (Å²) in [6.07, 6.45) is 3.23. The highest BCUT2D eigenvalue weighted by Gasteiger charge is 2.29. The molecule has 2 rings (SSSR count). The van der Waals surface area contributed by atoms with Gasteiger partial charge in [0.05, 0.1) is 19.0 Å². The molecule has 1 aromatic heterocycles. The van der Waals surface area contributed by atoms with Gasteiger partial charge in [0.2, 0.25) is 11.8 Å². The number of carbonyl (C=O) groups excluding carboxylic acids is 1. The molecular formula is C12H19N5O2. The van der Waals surface area contributed by atoms with Gasteiger partial charge in [0.1, 0.15) is 6.04 Å². The molecule has 1 atom stereocenters. The van der Waals surface area contributed by atoms with E-state index in [-0.39, 0.29) is 11.9 Å². The van der Waals surface area contributed by atoms with Crippen molar-refractivity contribution in [1.82, 2.24) is 20.6 Å². The van der Waals surface area contributed by atoms with Crippen molar-refractivity contribution in [3.8, 4) is 5.88 Å². The highest BCUT2D eigenvalue weighted by Crippen LogP contribution is 2.17. The first-order valence-electron chi connectivity index (χ1n) is 6.40. The largest absolute Gasteiger partial charge is 0.477 e. The topological polar surface area (TPSA) is 79.4 Å². The number of piperazine rings is 1. The minimum atomic E-state index is -0.273. The maximum Gasteiger partial charge on any atom is 0.243 e. The Hall–Kier alpha value is -1.89. The summed E-state index contributed by atoms with van der Waals surface area (Å²) in [5.74, 6) is 1.12. The van der Waals surface area contributed by atoms with Crippen LogP contribution in [0.2, 0.25) is 0 Å². The van der Waals surface area contributed by atoms with E-state index in [1.807, 2.05) is 11.8 Å². The van der Waals surface area contributed by atoms with Crippen LogP contribution in [0, 0.1) is 0 Å². The van der Waals surface area contributed by atoms with Crippen molar-refractivity contribution in [3.05, 3.63) is 12.4 Å². The molecular weight excluding hydrogens is 246 g/mol. The lowest BCUT2D eigenvalue weighted by atomic mass is 10.2. The molecule has 0 spiro atoms. The molecule has 2 heterocycles. The van der Waals surface area contributed by atoms with E-state index < -0.39 is 0 Å². The van der Waals surface area contributed by atoms with Gasteiger partial charge >= 0.3 is 0 Å². The molecule has 1 fully saturated rings. The third-order valence-electron chi connectivity index (χ3n) is 2.98. The molecule has 1 aliphatic heterocycles. The molecule has 1 aliphatic rings. The Balaban J connectivity index is 2.21. The molecule has 0 bridgehead atoms. The monoisotopic (exact) mass is 265 g/mol. The van der Waals surface area contributed by atoms with Crippen LogP contribution in [0.3, 0.4) is 0 Å². The van der Waals surface area contributed by atoms with Gasteiger partial charge in [0, 0.05) is 26.7 Å². The minimum Gasteiger partial charge on any atom is -0.477 e. The maximum absolute atomic E-state index is 11.9. The molecule has 1 amide bonds. The Kier molecular flexibility index (Phi) is 4.51. The van der Waals surface area contributed by atoms with Crippen molar-refractivity contribution in [2.24, 2.45) is 0 Å². The fraction of sp³-hybridized carbons (Fsp3) is 0.583. The van der Waals surface area contributed by atoms with Crippen LogP contribution >= 0.6 is 0 Å². The first-order valence-corrected chi connectivity index (χ1v) is 6.40. The van der Waals surface area contributed by atoms with Gasteiger partial charge in [-0.05, 0) is 6.92 Å². The molecule has 2 N–H and O–H groups in total. The van der Waals surface area contributed by atoms with Crippen molar-refractivity contribution in [2.75, 3.05) is 38.2 Å². The molecule has 0 aliphatic carbocycles. The van der Waals surface area contributed by atoms with Gasteiger partial charge < -0.3 is 20.3 Å². The number of anilines is 1. The van der Waals surface area contributed by atoms with Crippen LogP contribution in [0.1, 0.15) is 6.92 Å². The molecule has 19 heavy (non-hydrogen) atoms. The zero-order chi connectivity index (χ0) is 13.7. The number of amides is 1. The fourth-order valence-electron chi connectivity index (χ4n) is 2.07. The smallest absolute Gasteiger partial charge is 0.243 e. The highest BCUT2D eigenvalue weighted by atomic mass is 16.5. The van der Waals surface area contributed by atoms with E-state index in [0.29, 0.717) is 31.4 Å². The van der Waals surface area contributed by atoms with E-state index in [2.05, 4.69) is 20.6 Å². The van der Waals surface area contributed by atoms with Gasteiger partial charge in [-0.1, -0.05) is 0 Å².